The van der Waals surface area contributed by atoms with Crippen LogP contribution in [0, 0.1) is 0 Å². The van der Waals surface area contributed by atoms with Crippen molar-refractivity contribution in [3.63, 3.8) is 0 Å². The first kappa shape index (κ1) is 47.7. The van der Waals surface area contributed by atoms with Gasteiger partial charge in [-0.05, 0) is 115 Å². The Morgan fingerprint density at radius 3 is 2.07 bits per heavy atom. The number of aromatic hydroxyl groups is 1. The Morgan fingerprint density at radius 2 is 1.41 bits per heavy atom. The van der Waals surface area contributed by atoms with Crippen LogP contribution >= 0.6 is 0 Å². The maximum absolute atomic E-state index is 13.9. The van der Waals surface area contributed by atoms with E-state index in [0.29, 0.717) is 63.7 Å². The Labute approximate surface area is 342 Å². The number of rotatable bonds is 22. The molecule has 0 spiro atoms. The lowest BCUT2D eigenvalue weighted by atomic mass is 9.96. The van der Waals surface area contributed by atoms with Gasteiger partial charge in [0.1, 0.15) is 17.8 Å². The van der Waals surface area contributed by atoms with Crippen molar-refractivity contribution in [3.05, 3.63) is 53.6 Å². The van der Waals surface area contributed by atoms with Gasteiger partial charge in [0.25, 0.3) is 0 Å². The van der Waals surface area contributed by atoms with Gasteiger partial charge in [-0.3, -0.25) is 24.0 Å². The molecule has 3 rings (SSSR count). The standard InChI is InChI=1S/C41H66N10O7/c1-42-17-7-14-33-40(57)51-35(21-26-10-6-11-27(20-26)28-15-16-36(53)29(22-28)23-34(46-5)41(58)50-33)39(56)48-19-8-12-31(44-3)37(54)47-18-9-13-32(45-4)38(55)49-25-30(52)24-43-2/h6,10-11,15-16,20,22,30-35,42-46,52-53H,7-9,12-14,17-19,21,23-25H2,1-5H3,(H,47,54)(H,48,56)(H,49,55)(H,50,58)(H,51,57)/t30?,31-,32-,33-,34-,35-/m0/s1. The van der Waals surface area contributed by atoms with Crippen molar-refractivity contribution in [3.8, 4) is 16.9 Å². The zero-order chi connectivity index (χ0) is 42.5. The van der Waals surface area contributed by atoms with E-state index in [4.69, 9.17) is 0 Å². The topological polar surface area (TPSA) is 246 Å². The molecule has 322 valence electrons. The van der Waals surface area contributed by atoms with Crippen LogP contribution in [0.15, 0.2) is 42.5 Å². The van der Waals surface area contributed by atoms with Gasteiger partial charge in [-0.25, -0.2) is 0 Å². The number of phenolic OH excluding ortho intramolecular Hbond substituents is 1. The molecule has 4 bridgehead atoms. The summed E-state index contributed by atoms with van der Waals surface area (Å²) >= 11 is 0. The zero-order valence-electron chi connectivity index (χ0n) is 34.6. The third-order valence-electron chi connectivity index (χ3n) is 10.3. The van der Waals surface area contributed by atoms with Crippen LogP contribution < -0.4 is 53.2 Å². The fourth-order valence-electron chi connectivity index (χ4n) is 6.84. The molecule has 0 aromatic heterocycles. The molecule has 58 heavy (non-hydrogen) atoms. The molecule has 1 heterocycles. The predicted octanol–water partition coefficient (Wildman–Crippen LogP) is -1.62. The summed E-state index contributed by atoms with van der Waals surface area (Å²) in [6.45, 7) is 1.74. The van der Waals surface area contributed by atoms with Crippen molar-refractivity contribution < 1.29 is 34.2 Å². The minimum atomic E-state index is -0.961. The van der Waals surface area contributed by atoms with Crippen LogP contribution in [-0.4, -0.2) is 144 Å². The number of likely N-dealkylation sites (N-methyl/N-ethyl adjacent to an activating group) is 4. The number of hydrogen-bond donors (Lipinski definition) is 12. The molecule has 0 aliphatic carbocycles. The molecule has 2 aromatic rings. The third kappa shape index (κ3) is 15.6. The average Bonchev–Trinajstić information content (AvgIpc) is 3.21. The van der Waals surface area contributed by atoms with E-state index in [1.807, 2.05) is 30.3 Å². The number of amides is 5. The lowest BCUT2D eigenvalue weighted by Crippen LogP contribution is -2.57. The largest absolute Gasteiger partial charge is 0.508 e. The molecular weight excluding hydrogens is 745 g/mol. The molecule has 0 fully saturated rings. The number of benzene rings is 2. The minimum Gasteiger partial charge on any atom is -0.508 e. The number of nitrogens with one attached hydrogen (secondary N) is 10. The smallest absolute Gasteiger partial charge is 0.243 e. The molecule has 12 N–H and O–H groups in total. The second kappa shape index (κ2) is 25.7. The maximum Gasteiger partial charge on any atom is 0.243 e. The normalized spacial score (nSPS) is 18.7. The number of aliphatic hydroxyl groups is 1. The van der Waals surface area contributed by atoms with Gasteiger partial charge in [0, 0.05) is 39.0 Å². The van der Waals surface area contributed by atoms with E-state index in [1.165, 1.54) is 0 Å². The summed E-state index contributed by atoms with van der Waals surface area (Å²) in [7, 11) is 8.56. The Balaban J connectivity index is 1.65. The number of aliphatic hydroxyl groups excluding tert-OH is 1. The maximum atomic E-state index is 13.9. The van der Waals surface area contributed by atoms with Crippen molar-refractivity contribution >= 4 is 29.5 Å². The molecule has 0 radical (unpaired) electrons. The lowest BCUT2D eigenvalue weighted by Gasteiger charge is -2.25. The summed E-state index contributed by atoms with van der Waals surface area (Å²) in [6, 6.07) is 9.32. The van der Waals surface area contributed by atoms with Gasteiger partial charge in [-0.15, -0.1) is 0 Å². The highest BCUT2D eigenvalue weighted by molar-refractivity contribution is 5.93. The average molecular weight is 811 g/mol. The SMILES string of the molecule is CNCCC[C@@H]1NC(=O)[C@@H](NC)Cc2cc(ccc2O)-c2cccc(c2)C[C@@H](C(=O)NCCC[C@H](NC)C(=O)NCCC[C@H](NC)C(=O)NCC(O)CNC)NC1=O. The molecule has 1 aliphatic rings. The Morgan fingerprint density at radius 1 is 0.741 bits per heavy atom. The first-order valence-corrected chi connectivity index (χ1v) is 20.3. The monoisotopic (exact) mass is 811 g/mol. The van der Waals surface area contributed by atoms with Crippen LogP contribution in [0.5, 0.6) is 5.75 Å². The minimum absolute atomic E-state index is 0.0644. The van der Waals surface area contributed by atoms with Crippen LogP contribution in [0.4, 0.5) is 0 Å². The lowest BCUT2D eigenvalue weighted by molar-refractivity contribution is -0.132. The molecule has 1 unspecified atom stereocenters. The van der Waals surface area contributed by atoms with E-state index >= 15 is 0 Å². The highest BCUT2D eigenvalue weighted by Crippen LogP contribution is 2.28. The van der Waals surface area contributed by atoms with Crippen molar-refractivity contribution in [2.24, 2.45) is 0 Å². The zero-order valence-corrected chi connectivity index (χ0v) is 34.6. The fourth-order valence-corrected chi connectivity index (χ4v) is 6.84. The van der Waals surface area contributed by atoms with E-state index in [9.17, 15) is 34.2 Å². The van der Waals surface area contributed by atoms with Gasteiger partial charge in [-0.1, -0.05) is 30.3 Å². The summed E-state index contributed by atoms with van der Waals surface area (Å²) in [5, 5.41) is 49.9. The summed E-state index contributed by atoms with van der Waals surface area (Å²) in [5.41, 5.74) is 3.08. The summed E-state index contributed by atoms with van der Waals surface area (Å²) in [6.07, 6.45) is 2.56. The van der Waals surface area contributed by atoms with Gasteiger partial charge < -0.3 is 63.4 Å². The van der Waals surface area contributed by atoms with Crippen LogP contribution in [-0.2, 0) is 36.8 Å². The number of fused-ring (bicyclic) bond motifs is 5. The second-order valence-corrected chi connectivity index (χ2v) is 14.7. The molecule has 0 saturated carbocycles. The quantitative estimate of drug-likeness (QED) is 0.0601. The summed E-state index contributed by atoms with van der Waals surface area (Å²) in [4.78, 5) is 66.7. The molecule has 6 atom stereocenters. The van der Waals surface area contributed by atoms with Crippen LogP contribution in [0.1, 0.15) is 49.7 Å². The van der Waals surface area contributed by atoms with E-state index in [0.717, 1.165) is 16.7 Å². The van der Waals surface area contributed by atoms with Gasteiger partial charge in [0.2, 0.25) is 29.5 Å². The molecule has 17 nitrogen and oxygen atoms in total. The summed E-state index contributed by atoms with van der Waals surface area (Å²) in [5.74, 6) is -1.63. The van der Waals surface area contributed by atoms with Crippen molar-refractivity contribution in [2.45, 2.75) is 87.7 Å². The van der Waals surface area contributed by atoms with Crippen molar-refractivity contribution in [2.75, 3.05) is 68.0 Å². The van der Waals surface area contributed by atoms with Gasteiger partial charge >= 0.3 is 0 Å². The first-order chi connectivity index (χ1) is 27.9. The molecule has 17 heteroatoms. The molecular formula is C41H66N10O7. The third-order valence-corrected chi connectivity index (χ3v) is 10.3. The van der Waals surface area contributed by atoms with Crippen molar-refractivity contribution in [1.82, 2.24) is 53.2 Å². The fraction of sp³-hybridized carbons (Fsp3) is 0.585. The van der Waals surface area contributed by atoms with Crippen LogP contribution in [0.2, 0.25) is 0 Å². The van der Waals surface area contributed by atoms with E-state index in [2.05, 4.69) is 53.2 Å². The Kier molecular flexibility index (Phi) is 21.1. The number of carbonyl (C=O) groups excluding carboxylic acids is 5. The summed E-state index contributed by atoms with van der Waals surface area (Å²) < 4.78 is 0. The van der Waals surface area contributed by atoms with E-state index in [1.54, 1.807) is 47.4 Å². The predicted molar refractivity (Wildman–Crippen MR) is 224 cm³/mol. The van der Waals surface area contributed by atoms with Gasteiger partial charge in [0.15, 0.2) is 0 Å². The van der Waals surface area contributed by atoms with Gasteiger partial charge in [-0.2, -0.15) is 0 Å². The highest BCUT2D eigenvalue weighted by atomic mass is 16.3. The molecule has 1 aliphatic heterocycles. The molecule has 2 aromatic carbocycles. The van der Waals surface area contributed by atoms with E-state index in [-0.39, 0.29) is 43.5 Å². The van der Waals surface area contributed by atoms with Crippen LogP contribution in [0.3, 0.4) is 0 Å². The first-order valence-electron chi connectivity index (χ1n) is 20.3. The van der Waals surface area contributed by atoms with Crippen LogP contribution in [0.25, 0.3) is 11.1 Å². The van der Waals surface area contributed by atoms with E-state index < -0.39 is 54.0 Å². The molecule has 5 amide bonds. The molecule has 0 saturated heterocycles. The number of phenols is 1. The highest BCUT2D eigenvalue weighted by Gasteiger charge is 2.30. The Hall–Kier alpha value is -4.65. The number of hydrogen-bond acceptors (Lipinski definition) is 12. The number of carbonyl (C=O) groups is 5. The second-order valence-electron chi connectivity index (χ2n) is 14.7. The Bertz CT molecular complexity index is 1630. The van der Waals surface area contributed by atoms with Crippen molar-refractivity contribution in [1.29, 1.82) is 0 Å². The van der Waals surface area contributed by atoms with Gasteiger partial charge in [0.05, 0.1) is 24.2 Å².